The molecule has 1 N–H and O–H groups in total. The van der Waals surface area contributed by atoms with Crippen LogP contribution in [0.3, 0.4) is 0 Å². The van der Waals surface area contributed by atoms with Crippen molar-refractivity contribution in [1.82, 2.24) is 0 Å². The number of unbranched alkanes of at least 4 members (excludes halogenated alkanes) is 5. The van der Waals surface area contributed by atoms with Gasteiger partial charge in [0.25, 0.3) is 0 Å². The molecule has 1 nitrogen and oxygen atoms in total. The fraction of sp³-hybridized carbons (Fsp3) is 0.714. The lowest BCUT2D eigenvalue weighted by molar-refractivity contribution is 0.335. The van der Waals surface area contributed by atoms with E-state index in [1.54, 1.807) is 0 Å². The Balaban J connectivity index is 2.77. The highest BCUT2D eigenvalue weighted by molar-refractivity contribution is 5.35. The first-order chi connectivity index (χ1) is 10.7. The number of para-hydroxylation sites is 1. The fourth-order valence-corrected chi connectivity index (χ4v) is 3.58. The molecule has 0 heterocycles. The van der Waals surface area contributed by atoms with Gasteiger partial charge in [0.05, 0.1) is 0 Å². The van der Waals surface area contributed by atoms with E-state index in [0.717, 1.165) is 0 Å². The Morgan fingerprint density at radius 1 is 0.818 bits per heavy atom. The Hall–Kier alpha value is -0.980. The van der Waals surface area contributed by atoms with E-state index in [1.165, 1.54) is 69.8 Å². The van der Waals surface area contributed by atoms with Gasteiger partial charge in [-0.2, -0.15) is 0 Å². The normalized spacial score (nSPS) is 14.0. The highest BCUT2D eigenvalue weighted by atomic mass is 16.3. The second-order valence-electron chi connectivity index (χ2n) is 6.68. The third-order valence-electron chi connectivity index (χ3n) is 4.98. The molecule has 1 aromatic carbocycles. The summed E-state index contributed by atoms with van der Waals surface area (Å²) in [6, 6.07) is 8.01. The van der Waals surface area contributed by atoms with Crippen LogP contribution in [0, 0.1) is 5.92 Å². The van der Waals surface area contributed by atoms with Crippen molar-refractivity contribution in [2.45, 2.75) is 90.9 Å². The standard InChI is InChI=1S/C21H36O/c1-4-7-9-11-15-19(18(6-3)14-10-8-5-2)20-16-12-13-17-21(20)22/h12-13,16-19,22H,4-11,14-15H2,1-3H3. The van der Waals surface area contributed by atoms with Crippen LogP contribution in [0.15, 0.2) is 24.3 Å². The van der Waals surface area contributed by atoms with Gasteiger partial charge in [-0.05, 0) is 36.3 Å². The van der Waals surface area contributed by atoms with Crippen molar-refractivity contribution in [2.75, 3.05) is 0 Å². The molecule has 126 valence electrons. The van der Waals surface area contributed by atoms with Crippen molar-refractivity contribution in [3.8, 4) is 5.75 Å². The SMILES string of the molecule is CCCCCCC(c1ccccc1O)C(CC)CCCCC. The number of hydrogen-bond donors (Lipinski definition) is 1. The van der Waals surface area contributed by atoms with Gasteiger partial charge in [-0.3, -0.25) is 0 Å². The van der Waals surface area contributed by atoms with E-state index in [9.17, 15) is 5.11 Å². The van der Waals surface area contributed by atoms with E-state index in [4.69, 9.17) is 0 Å². The minimum Gasteiger partial charge on any atom is -0.508 e. The Kier molecular flexibility index (Phi) is 10.0. The van der Waals surface area contributed by atoms with Gasteiger partial charge in [-0.15, -0.1) is 0 Å². The Bertz CT molecular complexity index is 385. The molecule has 0 amide bonds. The van der Waals surface area contributed by atoms with Crippen LogP contribution in [0.2, 0.25) is 0 Å². The molecule has 0 aliphatic heterocycles. The van der Waals surface area contributed by atoms with Crippen LogP contribution in [0.5, 0.6) is 5.75 Å². The van der Waals surface area contributed by atoms with Gasteiger partial charge in [0.15, 0.2) is 0 Å². The minimum absolute atomic E-state index is 0.497. The molecule has 0 spiro atoms. The summed E-state index contributed by atoms with van der Waals surface area (Å²) in [5, 5.41) is 10.3. The molecule has 2 unspecified atom stereocenters. The van der Waals surface area contributed by atoms with Crippen LogP contribution in [0.25, 0.3) is 0 Å². The zero-order valence-corrected chi connectivity index (χ0v) is 15.0. The molecule has 1 heteroatoms. The summed E-state index contributed by atoms with van der Waals surface area (Å²) < 4.78 is 0. The summed E-state index contributed by atoms with van der Waals surface area (Å²) in [6.45, 7) is 6.85. The van der Waals surface area contributed by atoms with Crippen molar-refractivity contribution in [3.63, 3.8) is 0 Å². The number of aromatic hydroxyl groups is 1. The zero-order valence-electron chi connectivity index (χ0n) is 15.0. The smallest absolute Gasteiger partial charge is 0.119 e. The topological polar surface area (TPSA) is 20.2 Å². The predicted octanol–water partition coefficient (Wildman–Crippen LogP) is 7.05. The van der Waals surface area contributed by atoms with Gasteiger partial charge < -0.3 is 5.11 Å². The van der Waals surface area contributed by atoms with Crippen LogP contribution < -0.4 is 0 Å². The number of benzene rings is 1. The van der Waals surface area contributed by atoms with Gasteiger partial charge >= 0.3 is 0 Å². The Labute approximate surface area is 138 Å². The molecular weight excluding hydrogens is 268 g/mol. The van der Waals surface area contributed by atoms with Crippen LogP contribution >= 0.6 is 0 Å². The molecule has 0 aromatic heterocycles. The molecule has 2 atom stereocenters. The molecule has 0 saturated carbocycles. The summed E-state index contributed by atoms with van der Waals surface area (Å²) in [7, 11) is 0. The number of hydrogen-bond acceptors (Lipinski definition) is 1. The van der Waals surface area contributed by atoms with Gasteiger partial charge in [-0.1, -0.05) is 90.3 Å². The first-order valence-electron chi connectivity index (χ1n) is 9.52. The highest BCUT2D eigenvalue weighted by Crippen LogP contribution is 2.39. The zero-order chi connectivity index (χ0) is 16.2. The first kappa shape index (κ1) is 19.1. The Morgan fingerprint density at radius 3 is 2.09 bits per heavy atom. The average molecular weight is 305 g/mol. The van der Waals surface area contributed by atoms with Gasteiger partial charge in [0, 0.05) is 0 Å². The van der Waals surface area contributed by atoms with Crippen LogP contribution in [-0.2, 0) is 0 Å². The number of phenols is 1. The monoisotopic (exact) mass is 304 g/mol. The van der Waals surface area contributed by atoms with Gasteiger partial charge in [-0.25, -0.2) is 0 Å². The maximum Gasteiger partial charge on any atom is 0.119 e. The Morgan fingerprint density at radius 2 is 1.45 bits per heavy atom. The van der Waals surface area contributed by atoms with Crippen LogP contribution in [0.1, 0.15) is 96.5 Å². The lowest BCUT2D eigenvalue weighted by Crippen LogP contribution is -2.13. The molecule has 1 rings (SSSR count). The molecule has 22 heavy (non-hydrogen) atoms. The fourth-order valence-electron chi connectivity index (χ4n) is 3.58. The third kappa shape index (κ3) is 6.42. The van der Waals surface area contributed by atoms with Crippen molar-refractivity contribution >= 4 is 0 Å². The van der Waals surface area contributed by atoms with Crippen LogP contribution in [-0.4, -0.2) is 5.11 Å². The molecule has 1 aromatic rings. The summed E-state index contributed by atoms with van der Waals surface area (Å²) >= 11 is 0. The van der Waals surface area contributed by atoms with Crippen LogP contribution in [0.4, 0.5) is 0 Å². The molecule has 0 aliphatic rings. The van der Waals surface area contributed by atoms with E-state index in [-0.39, 0.29) is 0 Å². The molecule has 0 aliphatic carbocycles. The van der Waals surface area contributed by atoms with E-state index >= 15 is 0 Å². The van der Waals surface area contributed by atoms with Crippen molar-refractivity contribution in [3.05, 3.63) is 29.8 Å². The quantitative estimate of drug-likeness (QED) is 0.410. The minimum atomic E-state index is 0.497. The summed E-state index contributed by atoms with van der Waals surface area (Å²) in [5.74, 6) is 1.73. The van der Waals surface area contributed by atoms with E-state index in [1.807, 2.05) is 12.1 Å². The number of phenolic OH excluding ortho intramolecular Hbond substituents is 1. The molecule has 0 saturated heterocycles. The largest absolute Gasteiger partial charge is 0.508 e. The summed E-state index contributed by atoms with van der Waals surface area (Å²) in [6.07, 6.45) is 12.9. The lowest BCUT2D eigenvalue weighted by Gasteiger charge is -2.27. The maximum absolute atomic E-state index is 10.3. The maximum atomic E-state index is 10.3. The average Bonchev–Trinajstić information content (AvgIpc) is 2.54. The van der Waals surface area contributed by atoms with E-state index in [2.05, 4.69) is 32.9 Å². The summed E-state index contributed by atoms with van der Waals surface area (Å²) in [4.78, 5) is 0. The van der Waals surface area contributed by atoms with Gasteiger partial charge in [0.2, 0.25) is 0 Å². The van der Waals surface area contributed by atoms with E-state index < -0.39 is 0 Å². The third-order valence-corrected chi connectivity index (χ3v) is 4.98. The first-order valence-corrected chi connectivity index (χ1v) is 9.52. The highest BCUT2D eigenvalue weighted by Gasteiger charge is 2.23. The van der Waals surface area contributed by atoms with Crippen molar-refractivity contribution in [1.29, 1.82) is 0 Å². The van der Waals surface area contributed by atoms with Crippen molar-refractivity contribution in [2.24, 2.45) is 5.92 Å². The molecular formula is C21H36O. The molecule has 0 fully saturated rings. The lowest BCUT2D eigenvalue weighted by atomic mass is 9.78. The molecule has 0 radical (unpaired) electrons. The van der Waals surface area contributed by atoms with E-state index in [0.29, 0.717) is 17.6 Å². The van der Waals surface area contributed by atoms with Gasteiger partial charge in [0.1, 0.15) is 5.75 Å². The predicted molar refractivity (Wildman–Crippen MR) is 97.5 cm³/mol. The second-order valence-corrected chi connectivity index (χ2v) is 6.68. The molecule has 0 bridgehead atoms. The summed E-state index contributed by atoms with van der Waals surface area (Å²) in [5.41, 5.74) is 1.18. The van der Waals surface area contributed by atoms with Crippen molar-refractivity contribution < 1.29 is 5.11 Å². The number of rotatable bonds is 12. The second kappa shape index (κ2) is 11.6.